The maximum atomic E-state index is 13.4. The minimum absolute atomic E-state index is 0.0135. The predicted molar refractivity (Wildman–Crippen MR) is 139 cm³/mol. The molecule has 34 heavy (non-hydrogen) atoms. The first kappa shape index (κ1) is 28.8. The van der Waals surface area contributed by atoms with E-state index in [1.54, 1.807) is 25.1 Å². The molecule has 7 nitrogen and oxygen atoms in total. The van der Waals surface area contributed by atoms with Crippen LogP contribution in [0.15, 0.2) is 30.3 Å². The third kappa shape index (κ3) is 7.29. The number of rotatable bonds is 9. The van der Waals surface area contributed by atoms with Crippen molar-refractivity contribution in [3.8, 4) is 0 Å². The van der Waals surface area contributed by atoms with Gasteiger partial charge in [0.25, 0.3) is 0 Å². The fraction of sp³-hybridized carbons (Fsp3) is 0.333. The standard InChI is InChI=1S/C21H22Cl5N3O4S/c1-4-27-21(31)12(2)28(10-13-5-6-14(22)15(23)7-13)20(30)11-29(34(3,32)33)19-9-17(25)16(24)8-18(19)26/h5-9,12H,4,10-11H2,1-3H3,(H,27,31). The molecule has 2 aromatic carbocycles. The summed E-state index contributed by atoms with van der Waals surface area (Å²) in [6.07, 6.45) is 0.926. The number of amides is 2. The summed E-state index contributed by atoms with van der Waals surface area (Å²) in [6.45, 7) is 2.97. The second-order valence-corrected chi connectivity index (χ2v) is 11.3. The molecule has 186 valence electrons. The molecule has 0 aliphatic carbocycles. The highest BCUT2D eigenvalue weighted by Crippen LogP contribution is 2.35. The van der Waals surface area contributed by atoms with Crippen LogP contribution in [-0.2, 0) is 26.2 Å². The third-order valence-corrected chi connectivity index (χ3v) is 7.68. The molecule has 1 unspecified atom stereocenters. The highest BCUT2D eigenvalue weighted by atomic mass is 35.5. The molecule has 0 aliphatic heterocycles. The van der Waals surface area contributed by atoms with E-state index in [0.717, 1.165) is 10.6 Å². The first-order valence-corrected chi connectivity index (χ1v) is 13.6. The molecule has 2 aromatic rings. The number of halogens is 5. The molecule has 0 saturated carbocycles. The Hall–Kier alpha value is -1.42. The average Bonchev–Trinajstić information content (AvgIpc) is 2.74. The van der Waals surface area contributed by atoms with Gasteiger partial charge in [0.05, 0.1) is 37.1 Å². The Bertz CT molecular complexity index is 1190. The Morgan fingerprint density at radius 3 is 2.09 bits per heavy atom. The van der Waals surface area contributed by atoms with E-state index < -0.39 is 34.4 Å². The molecule has 0 aromatic heterocycles. The summed E-state index contributed by atoms with van der Waals surface area (Å²) in [4.78, 5) is 27.2. The Labute approximate surface area is 223 Å². The van der Waals surface area contributed by atoms with E-state index in [1.807, 2.05) is 0 Å². The SMILES string of the molecule is CCNC(=O)C(C)N(Cc1ccc(Cl)c(Cl)c1)C(=O)CN(c1cc(Cl)c(Cl)cc1Cl)S(C)(=O)=O. The normalized spacial score (nSPS) is 12.2. The molecule has 1 N–H and O–H groups in total. The number of sulfonamides is 1. The molecule has 0 saturated heterocycles. The topological polar surface area (TPSA) is 86.8 Å². The number of carbonyl (C=O) groups excluding carboxylic acids is 2. The first-order chi connectivity index (χ1) is 15.8. The maximum Gasteiger partial charge on any atom is 0.244 e. The van der Waals surface area contributed by atoms with Crippen molar-refractivity contribution >= 4 is 85.5 Å². The molecule has 2 amide bonds. The summed E-state index contributed by atoms with van der Waals surface area (Å²) in [6, 6.07) is 6.41. The van der Waals surface area contributed by atoms with E-state index in [1.165, 1.54) is 24.0 Å². The fourth-order valence-electron chi connectivity index (χ4n) is 3.04. The van der Waals surface area contributed by atoms with E-state index in [9.17, 15) is 18.0 Å². The molecule has 0 aliphatic rings. The van der Waals surface area contributed by atoms with Crippen molar-refractivity contribution in [3.05, 3.63) is 61.0 Å². The number of likely N-dealkylation sites (N-methyl/N-ethyl adjacent to an activating group) is 1. The van der Waals surface area contributed by atoms with Crippen molar-refractivity contribution in [2.45, 2.75) is 26.4 Å². The molecule has 0 fully saturated rings. The molecule has 13 heteroatoms. The monoisotopic (exact) mass is 587 g/mol. The Kier molecular flexibility index (Phi) is 10.2. The average molecular weight is 590 g/mol. The van der Waals surface area contributed by atoms with Gasteiger partial charge in [-0.1, -0.05) is 64.1 Å². The molecular formula is C21H22Cl5N3O4S. The van der Waals surface area contributed by atoms with Crippen LogP contribution in [0.4, 0.5) is 5.69 Å². The number of hydrogen-bond acceptors (Lipinski definition) is 4. The Morgan fingerprint density at radius 2 is 1.53 bits per heavy atom. The largest absolute Gasteiger partial charge is 0.355 e. The van der Waals surface area contributed by atoms with Crippen LogP contribution in [-0.4, -0.2) is 50.5 Å². The van der Waals surface area contributed by atoms with Gasteiger partial charge in [0.1, 0.15) is 12.6 Å². The van der Waals surface area contributed by atoms with Crippen molar-refractivity contribution in [1.82, 2.24) is 10.2 Å². The highest BCUT2D eigenvalue weighted by Gasteiger charge is 2.31. The number of carbonyl (C=O) groups is 2. The van der Waals surface area contributed by atoms with Crippen molar-refractivity contribution in [2.24, 2.45) is 0 Å². The predicted octanol–water partition coefficient (Wildman–Crippen LogP) is 5.27. The number of nitrogens with zero attached hydrogens (tertiary/aromatic N) is 2. The van der Waals surface area contributed by atoms with E-state index in [2.05, 4.69) is 5.32 Å². The smallest absolute Gasteiger partial charge is 0.244 e. The van der Waals surface area contributed by atoms with Crippen LogP contribution < -0.4 is 9.62 Å². The number of benzene rings is 2. The van der Waals surface area contributed by atoms with Crippen molar-refractivity contribution in [3.63, 3.8) is 0 Å². The van der Waals surface area contributed by atoms with E-state index in [4.69, 9.17) is 58.0 Å². The van der Waals surface area contributed by atoms with Gasteiger partial charge in [-0.15, -0.1) is 0 Å². The number of anilines is 1. The van der Waals surface area contributed by atoms with Gasteiger partial charge < -0.3 is 10.2 Å². The molecular weight excluding hydrogens is 568 g/mol. The van der Waals surface area contributed by atoms with Crippen LogP contribution in [0.3, 0.4) is 0 Å². The minimum Gasteiger partial charge on any atom is -0.355 e. The van der Waals surface area contributed by atoms with Crippen LogP contribution in [0.1, 0.15) is 19.4 Å². The third-order valence-electron chi connectivity index (χ3n) is 4.79. The van der Waals surface area contributed by atoms with Crippen molar-refractivity contribution in [2.75, 3.05) is 23.7 Å². The number of hydrogen-bond donors (Lipinski definition) is 1. The number of nitrogens with one attached hydrogen (secondary N) is 1. The lowest BCUT2D eigenvalue weighted by Crippen LogP contribution is -2.51. The van der Waals surface area contributed by atoms with E-state index >= 15 is 0 Å². The summed E-state index contributed by atoms with van der Waals surface area (Å²) < 4.78 is 26.0. The summed E-state index contributed by atoms with van der Waals surface area (Å²) in [5, 5.41) is 3.44. The van der Waals surface area contributed by atoms with E-state index in [0.29, 0.717) is 17.1 Å². The second-order valence-electron chi connectivity index (χ2n) is 7.33. The van der Waals surface area contributed by atoms with Crippen LogP contribution in [0.5, 0.6) is 0 Å². The second kappa shape index (κ2) is 12.0. The van der Waals surface area contributed by atoms with Gasteiger partial charge >= 0.3 is 0 Å². The Balaban J connectivity index is 2.47. The zero-order valence-corrected chi connectivity index (χ0v) is 23.0. The molecule has 0 heterocycles. The first-order valence-electron chi connectivity index (χ1n) is 9.89. The van der Waals surface area contributed by atoms with E-state index in [-0.39, 0.29) is 32.3 Å². The van der Waals surface area contributed by atoms with Gasteiger partial charge in [-0.2, -0.15) is 0 Å². The lowest BCUT2D eigenvalue weighted by atomic mass is 10.1. The van der Waals surface area contributed by atoms with Crippen molar-refractivity contribution in [1.29, 1.82) is 0 Å². The van der Waals surface area contributed by atoms with Gasteiger partial charge in [0, 0.05) is 13.1 Å². The van der Waals surface area contributed by atoms with Crippen LogP contribution >= 0.6 is 58.0 Å². The van der Waals surface area contributed by atoms with Crippen LogP contribution in [0.2, 0.25) is 25.1 Å². The van der Waals surface area contributed by atoms with Gasteiger partial charge in [-0.05, 0) is 43.7 Å². The lowest BCUT2D eigenvalue weighted by Gasteiger charge is -2.31. The Morgan fingerprint density at radius 1 is 0.941 bits per heavy atom. The summed E-state index contributed by atoms with van der Waals surface area (Å²) in [5.41, 5.74) is 0.574. The molecule has 0 bridgehead atoms. The molecule has 1 atom stereocenters. The fourth-order valence-corrected chi connectivity index (χ4v) is 4.90. The molecule has 2 rings (SSSR count). The maximum absolute atomic E-state index is 13.4. The summed E-state index contributed by atoms with van der Waals surface area (Å²) in [5.74, 6) is -1.06. The molecule has 0 radical (unpaired) electrons. The lowest BCUT2D eigenvalue weighted by molar-refractivity contribution is -0.139. The highest BCUT2D eigenvalue weighted by molar-refractivity contribution is 7.92. The summed E-state index contributed by atoms with van der Waals surface area (Å²) >= 11 is 30.3. The van der Waals surface area contributed by atoms with Gasteiger partial charge in [0.2, 0.25) is 21.8 Å². The quantitative estimate of drug-likeness (QED) is 0.404. The van der Waals surface area contributed by atoms with Gasteiger partial charge in [-0.3, -0.25) is 13.9 Å². The van der Waals surface area contributed by atoms with Crippen molar-refractivity contribution < 1.29 is 18.0 Å². The molecule has 0 spiro atoms. The zero-order valence-electron chi connectivity index (χ0n) is 18.4. The zero-order chi connectivity index (χ0) is 25.8. The van der Waals surface area contributed by atoms with Gasteiger partial charge in [0.15, 0.2) is 0 Å². The van der Waals surface area contributed by atoms with Crippen LogP contribution in [0.25, 0.3) is 0 Å². The van der Waals surface area contributed by atoms with Gasteiger partial charge in [-0.25, -0.2) is 8.42 Å². The minimum atomic E-state index is -3.98. The van der Waals surface area contributed by atoms with Crippen LogP contribution in [0, 0.1) is 0 Å². The summed E-state index contributed by atoms with van der Waals surface area (Å²) in [7, 11) is -3.98.